The zero-order valence-corrected chi connectivity index (χ0v) is 12.7. The Morgan fingerprint density at radius 3 is 2.50 bits per heavy atom. The number of aryl methyl sites for hydroxylation is 1. The molecule has 1 saturated heterocycles. The molecule has 0 bridgehead atoms. The second kappa shape index (κ2) is 6.44. The first kappa shape index (κ1) is 14.3. The maximum absolute atomic E-state index is 8.84. The molecule has 0 radical (unpaired) electrons. The number of benzene rings is 1. The van der Waals surface area contributed by atoms with Crippen LogP contribution in [0.2, 0.25) is 0 Å². The van der Waals surface area contributed by atoms with Gasteiger partial charge in [-0.1, -0.05) is 0 Å². The third kappa shape index (κ3) is 3.34. The van der Waals surface area contributed by atoms with Gasteiger partial charge in [-0.05, 0) is 50.5 Å². The quantitative estimate of drug-likeness (QED) is 0.939. The van der Waals surface area contributed by atoms with E-state index in [0.29, 0.717) is 5.56 Å². The molecule has 5 heteroatoms. The SMILES string of the molecule is Cc1nc(Nc2ccc(C#N)cc2)cc(N2CCCCC2)n1. The van der Waals surface area contributed by atoms with E-state index in [9.17, 15) is 0 Å². The average molecular weight is 293 g/mol. The van der Waals surface area contributed by atoms with Crippen molar-refractivity contribution in [1.29, 1.82) is 5.26 Å². The molecule has 1 aliphatic rings. The fourth-order valence-corrected chi connectivity index (χ4v) is 2.68. The maximum Gasteiger partial charge on any atom is 0.136 e. The van der Waals surface area contributed by atoms with Gasteiger partial charge in [-0.25, -0.2) is 9.97 Å². The molecule has 3 rings (SSSR count). The molecule has 0 atom stereocenters. The zero-order chi connectivity index (χ0) is 15.4. The van der Waals surface area contributed by atoms with Gasteiger partial charge in [-0.3, -0.25) is 0 Å². The van der Waals surface area contributed by atoms with Crippen molar-refractivity contribution in [3.8, 4) is 6.07 Å². The Morgan fingerprint density at radius 1 is 1.09 bits per heavy atom. The molecule has 2 heterocycles. The van der Waals surface area contributed by atoms with Crippen LogP contribution in [0.1, 0.15) is 30.7 Å². The van der Waals surface area contributed by atoms with Crippen molar-refractivity contribution < 1.29 is 0 Å². The monoisotopic (exact) mass is 293 g/mol. The Kier molecular flexibility index (Phi) is 4.19. The van der Waals surface area contributed by atoms with E-state index < -0.39 is 0 Å². The number of aromatic nitrogens is 2. The van der Waals surface area contributed by atoms with Gasteiger partial charge in [0, 0.05) is 24.8 Å². The first-order valence-corrected chi connectivity index (χ1v) is 7.62. The van der Waals surface area contributed by atoms with Gasteiger partial charge in [0.15, 0.2) is 0 Å². The molecule has 0 spiro atoms. The molecule has 1 fully saturated rings. The number of hydrogen-bond donors (Lipinski definition) is 1. The minimum atomic E-state index is 0.651. The van der Waals surface area contributed by atoms with Gasteiger partial charge >= 0.3 is 0 Å². The van der Waals surface area contributed by atoms with E-state index in [4.69, 9.17) is 5.26 Å². The molecule has 1 aromatic carbocycles. The number of piperidine rings is 1. The minimum absolute atomic E-state index is 0.651. The number of hydrogen-bond acceptors (Lipinski definition) is 5. The molecule has 2 aromatic rings. The summed E-state index contributed by atoms with van der Waals surface area (Å²) in [5, 5.41) is 12.1. The van der Waals surface area contributed by atoms with Crippen LogP contribution in [0.25, 0.3) is 0 Å². The third-order valence-electron chi connectivity index (χ3n) is 3.79. The molecular formula is C17H19N5. The van der Waals surface area contributed by atoms with Gasteiger partial charge in [0.05, 0.1) is 11.6 Å². The first-order chi connectivity index (χ1) is 10.7. The van der Waals surface area contributed by atoms with Crippen LogP contribution in [-0.4, -0.2) is 23.1 Å². The molecule has 0 saturated carbocycles. The number of nitrogens with one attached hydrogen (secondary N) is 1. The molecule has 1 N–H and O–H groups in total. The van der Waals surface area contributed by atoms with Gasteiger partial charge in [0.1, 0.15) is 17.5 Å². The smallest absolute Gasteiger partial charge is 0.136 e. The molecule has 112 valence electrons. The van der Waals surface area contributed by atoms with Crippen LogP contribution in [0.4, 0.5) is 17.3 Å². The van der Waals surface area contributed by atoms with E-state index in [0.717, 1.165) is 36.2 Å². The summed E-state index contributed by atoms with van der Waals surface area (Å²) in [6.07, 6.45) is 3.75. The van der Waals surface area contributed by atoms with Gasteiger partial charge < -0.3 is 10.2 Å². The van der Waals surface area contributed by atoms with Crippen LogP contribution in [0.3, 0.4) is 0 Å². The number of anilines is 3. The topological polar surface area (TPSA) is 64.8 Å². The number of nitriles is 1. The summed E-state index contributed by atoms with van der Waals surface area (Å²) >= 11 is 0. The lowest BCUT2D eigenvalue weighted by Gasteiger charge is -2.28. The first-order valence-electron chi connectivity index (χ1n) is 7.62. The Morgan fingerprint density at radius 2 is 1.82 bits per heavy atom. The Bertz CT molecular complexity index is 681. The molecule has 5 nitrogen and oxygen atoms in total. The largest absolute Gasteiger partial charge is 0.356 e. The lowest BCUT2D eigenvalue weighted by molar-refractivity contribution is 0.572. The Hall–Kier alpha value is -2.61. The summed E-state index contributed by atoms with van der Waals surface area (Å²) in [5.74, 6) is 2.54. The predicted molar refractivity (Wildman–Crippen MR) is 87.3 cm³/mol. The van der Waals surface area contributed by atoms with E-state index in [2.05, 4.69) is 26.3 Å². The maximum atomic E-state index is 8.84. The van der Waals surface area contributed by atoms with Gasteiger partial charge in [-0.2, -0.15) is 5.26 Å². The van der Waals surface area contributed by atoms with E-state index in [1.165, 1.54) is 19.3 Å². The summed E-state index contributed by atoms with van der Waals surface area (Å²) in [7, 11) is 0. The Balaban J connectivity index is 1.80. The minimum Gasteiger partial charge on any atom is -0.356 e. The highest BCUT2D eigenvalue weighted by molar-refractivity contribution is 5.60. The molecule has 1 aliphatic heterocycles. The van der Waals surface area contributed by atoms with Crippen molar-refractivity contribution in [2.45, 2.75) is 26.2 Å². The highest BCUT2D eigenvalue weighted by atomic mass is 15.2. The van der Waals surface area contributed by atoms with Crippen molar-refractivity contribution in [3.63, 3.8) is 0 Å². The highest BCUT2D eigenvalue weighted by Crippen LogP contribution is 2.22. The van der Waals surface area contributed by atoms with Crippen molar-refractivity contribution in [3.05, 3.63) is 41.7 Å². The lowest BCUT2D eigenvalue weighted by atomic mass is 10.1. The van der Waals surface area contributed by atoms with Crippen molar-refractivity contribution in [2.75, 3.05) is 23.3 Å². The van der Waals surface area contributed by atoms with E-state index in [1.807, 2.05) is 25.1 Å². The summed E-state index contributed by atoms with van der Waals surface area (Å²) in [6.45, 7) is 4.04. The fourth-order valence-electron chi connectivity index (χ4n) is 2.68. The molecular weight excluding hydrogens is 274 g/mol. The van der Waals surface area contributed by atoms with Crippen LogP contribution in [0, 0.1) is 18.3 Å². The predicted octanol–water partition coefficient (Wildman–Crippen LogP) is 3.39. The molecule has 22 heavy (non-hydrogen) atoms. The highest BCUT2D eigenvalue weighted by Gasteiger charge is 2.13. The summed E-state index contributed by atoms with van der Waals surface area (Å²) in [6, 6.07) is 11.5. The Labute approximate surface area is 130 Å². The molecule has 1 aromatic heterocycles. The van der Waals surface area contributed by atoms with E-state index in [-0.39, 0.29) is 0 Å². The second-order valence-electron chi connectivity index (χ2n) is 5.52. The number of rotatable bonds is 3. The van der Waals surface area contributed by atoms with Gasteiger partial charge in [0.25, 0.3) is 0 Å². The van der Waals surface area contributed by atoms with Gasteiger partial charge in [-0.15, -0.1) is 0 Å². The number of nitrogens with zero attached hydrogens (tertiary/aromatic N) is 4. The van der Waals surface area contributed by atoms with Crippen LogP contribution in [-0.2, 0) is 0 Å². The summed E-state index contributed by atoms with van der Waals surface area (Å²) < 4.78 is 0. The molecule has 0 aliphatic carbocycles. The van der Waals surface area contributed by atoms with Crippen LogP contribution in [0.15, 0.2) is 30.3 Å². The van der Waals surface area contributed by atoms with Crippen LogP contribution < -0.4 is 10.2 Å². The third-order valence-corrected chi connectivity index (χ3v) is 3.79. The van der Waals surface area contributed by atoms with Crippen LogP contribution >= 0.6 is 0 Å². The normalized spacial score (nSPS) is 14.5. The second-order valence-corrected chi connectivity index (χ2v) is 5.52. The average Bonchev–Trinajstić information content (AvgIpc) is 2.56. The zero-order valence-electron chi connectivity index (χ0n) is 12.7. The van der Waals surface area contributed by atoms with E-state index in [1.54, 1.807) is 12.1 Å². The van der Waals surface area contributed by atoms with Crippen LogP contribution in [0.5, 0.6) is 0 Å². The van der Waals surface area contributed by atoms with E-state index >= 15 is 0 Å². The van der Waals surface area contributed by atoms with Crippen molar-refractivity contribution >= 4 is 17.3 Å². The lowest BCUT2D eigenvalue weighted by Crippen LogP contribution is -2.30. The van der Waals surface area contributed by atoms with Crippen molar-refractivity contribution in [1.82, 2.24) is 9.97 Å². The van der Waals surface area contributed by atoms with Crippen molar-refractivity contribution in [2.24, 2.45) is 0 Å². The standard InChI is InChI=1S/C17H19N5/c1-13-19-16(21-15-7-5-14(12-18)6-8-15)11-17(20-13)22-9-3-2-4-10-22/h5-8,11H,2-4,9-10H2,1H3,(H,19,20,21). The fraction of sp³-hybridized carbons (Fsp3) is 0.353. The summed E-state index contributed by atoms with van der Waals surface area (Å²) in [5.41, 5.74) is 1.57. The molecule has 0 amide bonds. The summed E-state index contributed by atoms with van der Waals surface area (Å²) in [4.78, 5) is 11.3. The molecule has 0 unspecified atom stereocenters. The van der Waals surface area contributed by atoms with Gasteiger partial charge in [0.2, 0.25) is 0 Å².